The Hall–Kier alpha value is -0.0800. The molecular weight excluding hydrogens is 184 g/mol. The van der Waals surface area contributed by atoms with Crippen molar-refractivity contribution in [1.29, 1.82) is 0 Å². The predicted molar refractivity (Wildman–Crippen MR) is 67.2 cm³/mol. The normalized spacial score (nSPS) is 20.4. The van der Waals surface area contributed by atoms with Crippen molar-refractivity contribution in [2.24, 2.45) is 0 Å². The molecule has 2 nitrogen and oxygen atoms in total. The van der Waals surface area contributed by atoms with Crippen molar-refractivity contribution in [1.82, 2.24) is 10.2 Å². The van der Waals surface area contributed by atoms with Crippen molar-refractivity contribution in [2.75, 3.05) is 13.6 Å². The van der Waals surface area contributed by atoms with Crippen molar-refractivity contribution in [2.45, 2.75) is 71.0 Å². The first-order chi connectivity index (χ1) is 6.94. The summed E-state index contributed by atoms with van der Waals surface area (Å²) in [6.07, 6.45) is 5.49. The van der Waals surface area contributed by atoms with E-state index in [9.17, 15) is 0 Å². The van der Waals surface area contributed by atoms with Gasteiger partial charge in [-0.2, -0.15) is 0 Å². The molecule has 1 aliphatic rings. The molecular formula is C13H28N2. The molecule has 0 aromatic rings. The smallest absolute Gasteiger partial charge is 0.0218 e. The summed E-state index contributed by atoms with van der Waals surface area (Å²) in [6.45, 7) is 10.1. The Labute approximate surface area is 95.4 Å². The van der Waals surface area contributed by atoms with Gasteiger partial charge in [-0.3, -0.25) is 4.90 Å². The topological polar surface area (TPSA) is 15.3 Å². The fourth-order valence-corrected chi connectivity index (χ4v) is 2.09. The Balaban J connectivity index is 2.33. The summed E-state index contributed by atoms with van der Waals surface area (Å²) in [5, 5.41) is 3.62. The SMILES string of the molecule is CCC(CNC(C)(C)C)N(C)C1CCC1. The first kappa shape index (κ1) is 13.0. The number of nitrogens with zero attached hydrogens (tertiary/aromatic N) is 1. The first-order valence-electron chi connectivity index (χ1n) is 6.41. The maximum Gasteiger partial charge on any atom is 0.0218 e. The molecule has 0 aromatic carbocycles. The van der Waals surface area contributed by atoms with Crippen LogP contribution in [0, 0.1) is 0 Å². The quantitative estimate of drug-likeness (QED) is 0.753. The van der Waals surface area contributed by atoms with Gasteiger partial charge in [0.1, 0.15) is 0 Å². The van der Waals surface area contributed by atoms with Gasteiger partial charge in [-0.05, 0) is 47.1 Å². The highest BCUT2D eigenvalue weighted by Crippen LogP contribution is 2.25. The van der Waals surface area contributed by atoms with Crippen molar-refractivity contribution >= 4 is 0 Å². The lowest BCUT2D eigenvalue weighted by Crippen LogP contribution is -2.50. The second-order valence-electron chi connectivity index (χ2n) is 5.94. The molecule has 0 amide bonds. The Bertz CT molecular complexity index is 179. The van der Waals surface area contributed by atoms with Crippen LogP contribution in [0.5, 0.6) is 0 Å². The predicted octanol–water partition coefficient (Wildman–Crippen LogP) is 2.64. The summed E-state index contributed by atoms with van der Waals surface area (Å²) in [6, 6.07) is 1.56. The molecule has 2 heteroatoms. The molecule has 0 heterocycles. The van der Waals surface area contributed by atoms with Gasteiger partial charge in [-0.1, -0.05) is 13.3 Å². The van der Waals surface area contributed by atoms with Gasteiger partial charge in [0.25, 0.3) is 0 Å². The summed E-state index contributed by atoms with van der Waals surface area (Å²) < 4.78 is 0. The van der Waals surface area contributed by atoms with Crippen molar-refractivity contribution in [3.63, 3.8) is 0 Å². The molecule has 1 fully saturated rings. The molecule has 1 saturated carbocycles. The van der Waals surface area contributed by atoms with Crippen molar-refractivity contribution < 1.29 is 0 Å². The minimum Gasteiger partial charge on any atom is -0.311 e. The third-order valence-electron chi connectivity index (χ3n) is 3.57. The van der Waals surface area contributed by atoms with E-state index < -0.39 is 0 Å². The fraction of sp³-hybridized carbons (Fsp3) is 1.00. The third kappa shape index (κ3) is 4.12. The number of likely N-dealkylation sites (N-methyl/N-ethyl adjacent to an activating group) is 1. The van der Waals surface area contributed by atoms with Gasteiger partial charge in [0.15, 0.2) is 0 Å². The van der Waals surface area contributed by atoms with Gasteiger partial charge in [-0.25, -0.2) is 0 Å². The van der Waals surface area contributed by atoms with E-state index in [-0.39, 0.29) is 5.54 Å². The van der Waals surface area contributed by atoms with Gasteiger partial charge >= 0.3 is 0 Å². The average molecular weight is 212 g/mol. The zero-order valence-corrected chi connectivity index (χ0v) is 11.1. The van der Waals surface area contributed by atoms with Crippen LogP contribution in [0.15, 0.2) is 0 Å². The van der Waals surface area contributed by atoms with Crippen molar-refractivity contribution in [3.8, 4) is 0 Å². The molecule has 0 aromatic heterocycles. The summed E-state index contributed by atoms with van der Waals surface area (Å²) in [5.74, 6) is 0. The summed E-state index contributed by atoms with van der Waals surface area (Å²) >= 11 is 0. The Kier molecular flexibility index (Phi) is 4.60. The van der Waals surface area contributed by atoms with Crippen LogP contribution in [0.1, 0.15) is 53.4 Å². The van der Waals surface area contributed by atoms with Crippen LogP contribution >= 0.6 is 0 Å². The molecule has 0 saturated heterocycles. The van der Waals surface area contributed by atoms with Gasteiger partial charge in [0.2, 0.25) is 0 Å². The van der Waals surface area contributed by atoms with E-state index in [1.54, 1.807) is 0 Å². The number of rotatable bonds is 5. The molecule has 0 radical (unpaired) electrons. The molecule has 0 aliphatic heterocycles. The van der Waals surface area contributed by atoms with E-state index in [1.807, 2.05) is 0 Å². The van der Waals surface area contributed by atoms with Crippen LogP contribution in [0.2, 0.25) is 0 Å². The van der Waals surface area contributed by atoms with Gasteiger partial charge in [0, 0.05) is 24.2 Å². The number of hydrogen-bond acceptors (Lipinski definition) is 2. The van der Waals surface area contributed by atoms with Crippen LogP contribution in [0.25, 0.3) is 0 Å². The molecule has 1 aliphatic carbocycles. The second-order valence-corrected chi connectivity index (χ2v) is 5.94. The molecule has 15 heavy (non-hydrogen) atoms. The van der Waals surface area contributed by atoms with E-state index >= 15 is 0 Å². The minimum atomic E-state index is 0.244. The van der Waals surface area contributed by atoms with Crippen LogP contribution in [0.3, 0.4) is 0 Å². The standard InChI is InChI=1S/C13H28N2/c1-6-11(10-14-13(2,3)4)15(5)12-8-7-9-12/h11-12,14H,6-10H2,1-5H3. The van der Waals surface area contributed by atoms with E-state index in [1.165, 1.54) is 25.7 Å². The second kappa shape index (κ2) is 5.31. The molecule has 1 unspecified atom stereocenters. The van der Waals surface area contributed by atoms with Gasteiger partial charge in [-0.15, -0.1) is 0 Å². The summed E-state index contributed by atoms with van der Waals surface area (Å²) in [5.41, 5.74) is 0.244. The van der Waals surface area contributed by atoms with Gasteiger partial charge in [0.05, 0.1) is 0 Å². The monoisotopic (exact) mass is 212 g/mol. The van der Waals surface area contributed by atoms with E-state index in [0.717, 1.165) is 12.6 Å². The lowest BCUT2D eigenvalue weighted by Gasteiger charge is -2.40. The van der Waals surface area contributed by atoms with Crippen LogP contribution in [-0.4, -0.2) is 36.1 Å². The molecule has 1 rings (SSSR count). The molecule has 0 bridgehead atoms. The number of hydrogen-bond donors (Lipinski definition) is 1. The van der Waals surface area contributed by atoms with E-state index in [4.69, 9.17) is 0 Å². The molecule has 90 valence electrons. The van der Waals surface area contributed by atoms with Crippen LogP contribution in [-0.2, 0) is 0 Å². The minimum absolute atomic E-state index is 0.244. The van der Waals surface area contributed by atoms with E-state index in [2.05, 4.69) is 45.0 Å². The fourth-order valence-electron chi connectivity index (χ4n) is 2.09. The highest BCUT2D eigenvalue weighted by molar-refractivity contribution is 4.84. The van der Waals surface area contributed by atoms with Crippen molar-refractivity contribution in [3.05, 3.63) is 0 Å². The van der Waals surface area contributed by atoms with Gasteiger partial charge < -0.3 is 5.32 Å². The van der Waals surface area contributed by atoms with Crippen LogP contribution in [0.4, 0.5) is 0 Å². The Morgan fingerprint density at radius 3 is 2.27 bits per heavy atom. The highest BCUT2D eigenvalue weighted by atomic mass is 15.2. The Morgan fingerprint density at radius 1 is 1.33 bits per heavy atom. The molecule has 1 N–H and O–H groups in total. The number of nitrogens with one attached hydrogen (secondary N) is 1. The van der Waals surface area contributed by atoms with E-state index in [0.29, 0.717) is 6.04 Å². The highest BCUT2D eigenvalue weighted by Gasteiger charge is 2.27. The maximum atomic E-state index is 3.62. The zero-order chi connectivity index (χ0) is 11.5. The first-order valence-corrected chi connectivity index (χ1v) is 6.41. The molecule has 1 atom stereocenters. The lowest BCUT2D eigenvalue weighted by atomic mass is 9.90. The average Bonchev–Trinajstić information content (AvgIpc) is 1.99. The lowest BCUT2D eigenvalue weighted by molar-refractivity contribution is 0.102. The maximum absolute atomic E-state index is 3.62. The van der Waals surface area contributed by atoms with Crippen LogP contribution < -0.4 is 5.32 Å². The summed E-state index contributed by atoms with van der Waals surface area (Å²) in [7, 11) is 2.29. The largest absolute Gasteiger partial charge is 0.311 e. The summed E-state index contributed by atoms with van der Waals surface area (Å²) in [4.78, 5) is 2.59. The molecule has 0 spiro atoms. The Morgan fingerprint density at radius 2 is 1.93 bits per heavy atom. The zero-order valence-electron chi connectivity index (χ0n) is 11.1. The third-order valence-corrected chi connectivity index (χ3v) is 3.57.